The number of carbonyl (C=O) groups is 2. The third kappa shape index (κ3) is 4.97. The Hall–Kier alpha value is -2.15. The maximum atomic E-state index is 12.3. The molecule has 8 heteroatoms. The van der Waals surface area contributed by atoms with Crippen LogP contribution in [0.5, 0.6) is 0 Å². The molecule has 1 saturated carbocycles. The molecule has 140 valence electrons. The summed E-state index contributed by atoms with van der Waals surface area (Å²) in [5.41, 5.74) is 2.50. The fourth-order valence-electron chi connectivity index (χ4n) is 2.48. The van der Waals surface area contributed by atoms with Crippen LogP contribution in [-0.2, 0) is 4.79 Å². The van der Waals surface area contributed by atoms with E-state index >= 15 is 0 Å². The average molecular weight is 422 g/mol. The lowest BCUT2D eigenvalue weighted by Gasteiger charge is -2.15. The van der Waals surface area contributed by atoms with Crippen molar-refractivity contribution in [3.8, 4) is 0 Å². The van der Waals surface area contributed by atoms with E-state index in [9.17, 15) is 9.59 Å². The van der Waals surface area contributed by atoms with Gasteiger partial charge in [0.15, 0.2) is 5.11 Å². The van der Waals surface area contributed by atoms with Crippen LogP contribution in [0.1, 0.15) is 28.8 Å². The van der Waals surface area contributed by atoms with E-state index < -0.39 is 5.91 Å². The quantitative estimate of drug-likeness (QED) is 0.621. The highest BCUT2D eigenvalue weighted by Gasteiger charge is 2.29. The van der Waals surface area contributed by atoms with Crippen LogP contribution in [0, 0.1) is 12.8 Å². The van der Waals surface area contributed by atoms with Crippen molar-refractivity contribution in [3.05, 3.63) is 57.6 Å². The lowest BCUT2D eigenvalue weighted by atomic mass is 10.1. The summed E-state index contributed by atoms with van der Waals surface area (Å²) in [4.78, 5) is 24.3. The molecule has 0 aromatic heterocycles. The van der Waals surface area contributed by atoms with Crippen molar-refractivity contribution in [1.29, 1.82) is 0 Å². The topological polar surface area (TPSA) is 70.2 Å². The zero-order chi connectivity index (χ0) is 19.6. The number of thiocarbonyl (C=S) groups is 1. The smallest absolute Gasteiger partial charge is 0.258 e. The fraction of sp³-hybridized carbons (Fsp3) is 0.211. The molecule has 0 aliphatic heterocycles. The van der Waals surface area contributed by atoms with Gasteiger partial charge in [0.1, 0.15) is 0 Å². The van der Waals surface area contributed by atoms with Crippen LogP contribution in [-0.4, -0.2) is 16.9 Å². The van der Waals surface area contributed by atoms with E-state index in [0.29, 0.717) is 16.4 Å². The van der Waals surface area contributed by atoms with Gasteiger partial charge in [-0.1, -0.05) is 29.3 Å². The number of rotatable bonds is 4. The molecule has 1 aliphatic rings. The van der Waals surface area contributed by atoms with Crippen LogP contribution >= 0.6 is 35.4 Å². The summed E-state index contributed by atoms with van der Waals surface area (Å²) < 4.78 is 0. The average Bonchev–Trinajstić information content (AvgIpc) is 3.43. The second kappa shape index (κ2) is 8.25. The third-order valence-electron chi connectivity index (χ3n) is 4.19. The molecular weight excluding hydrogens is 405 g/mol. The van der Waals surface area contributed by atoms with Gasteiger partial charge in [0.25, 0.3) is 5.91 Å². The zero-order valence-electron chi connectivity index (χ0n) is 14.4. The zero-order valence-corrected chi connectivity index (χ0v) is 16.8. The summed E-state index contributed by atoms with van der Waals surface area (Å²) in [5.74, 6) is -0.293. The monoisotopic (exact) mass is 421 g/mol. The Labute approximate surface area is 172 Å². The van der Waals surface area contributed by atoms with E-state index in [-0.39, 0.29) is 27.5 Å². The molecule has 0 atom stereocenters. The van der Waals surface area contributed by atoms with Gasteiger partial charge >= 0.3 is 0 Å². The van der Waals surface area contributed by atoms with E-state index in [1.165, 1.54) is 12.1 Å². The molecule has 27 heavy (non-hydrogen) atoms. The molecule has 0 heterocycles. The minimum atomic E-state index is -0.440. The van der Waals surface area contributed by atoms with Gasteiger partial charge in [-0.15, -0.1) is 0 Å². The molecule has 0 saturated heterocycles. The first-order chi connectivity index (χ1) is 12.8. The van der Waals surface area contributed by atoms with Gasteiger partial charge in [0.05, 0.1) is 10.6 Å². The molecule has 1 aliphatic carbocycles. The van der Waals surface area contributed by atoms with Crippen LogP contribution in [0.4, 0.5) is 11.4 Å². The molecule has 5 nitrogen and oxygen atoms in total. The maximum Gasteiger partial charge on any atom is 0.258 e. The van der Waals surface area contributed by atoms with Crippen molar-refractivity contribution in [2.75, 3.05) is 10.6 Å². The normalized spacial score (nSPS) is 13.0. The number of nitrogens with one attached hydrogen (secondary N) is 3. The van der Waals surface area contributed by atoms with Crippen molar-refractivity contribution >= 4 is 63.7 Å². The van der Waals surface area contributed by atoms with E-state index in [1.54, 1.807) is 12.1 Å². The number of hydrogen-bond donors (Lipinski definition) is 3. The van der Waals surface area contributed by atoms with E-state index in [0.717, 1.165) is 18.4 Å². The second-order valence-corrected chi connectivity index (χ2v) is 7.53. The lowest BCUT2D eigenvalue weighted by molar-refractivity contribution is -0.117. The van der Waals surface area contributed by atoms with E-state index in [4.69, 9.17) is 35.4 Å². The lowest BCUT2D eigenvalue weighted by Crippen LogP contribution is -2.34. The minimum absolute atomic E-state index is 0.0310. The van der Waals surface area contributed by atoms with Gasteiger partial charge < -0.3 is 10.6 Å². The highest BCUT2D eigenvalue weighted by Crippen LogP contribution is 2.31. The number of carbonyl (C=O) groups excluding carboxylic acids is 2. The molecule has 0 unspecified atom stereocenters. The number of anilines is 2. The van der Waals surface area contributed by atoms with Crippen molar-refractivity contribution in [2.45, 2.75) is 19.8 Å². The Morgan fingerprint density at radius 1 is 1.07 bits per heavy atom. The molecule has 3 N–H and O–H groups in total. The fourth-order valence-corrected chi connectivity index (χ4v) is 3.18. The predicted octanol–water partition coefficient (Wildman–Crippen LogP) is 4.78. The Morgan fingerprint density at radius 2 is 1.74 bits per heavy atom. The summed E-state index contributed by atoms with van der Waals surface area (Å²) in [6.45, 7) is 1.87. The summed E-state index contributed by atoms with van der Waals surface area (Å²) in [6.07, 6.45) is 1.87. The first kappa shape index (κ1) is 19.6. The molecule has 0 bridgehead atoms. The summed E-state index contributed by atoms with van der Waals surface area (Å²) in [5, 5.41) is 9.30. The number of hydrogen-bond acceptors (Lipinski definition) is 3. The van der Waals surface area contributed by atoms with Crippen LogP contribution < -0.4 is 16.0 Å². The third-order valence-corrected chi connectivity index (χ3v) is 4.94. The predicted molar refractivity (Wildman–Crippen MR) is 113 cm³/mol. The molecular formula is C19H17Cl2N3O2S. The van der Waals surface area contributed by atoms with Gasteiger partial charge in [0.2, 0.25) is 5.91 Å². The van der Waals surface area contributed by atoms with Crippen molar-refractivity contribution < 1.29 is 9.59 Å². The summed E-state index contributed by atoms with van der Waals surface area (Å²) in [7, 11) is 0. The molecule has 2 aromatic carbocycles. The molecule has 3 rings (SSSR count). The molecule has 1 fully saturated rings. The van der Waals surface area contributed by atoms with Crippen LogP contribution in [0.15, 0.2) is 36.4 Å². The van der Waals surface area contributed by atoms with Crippen LogP contribution in [0.25, 0.3) is 0 Å². The summed E-state index contributed by atoms with van der Waals surface area (Å²) in [6, 6.07) is 10.0. The number of halogens is 2. The SMILES string of the molecule is Cc1c(NC(=O)C2CC2)cccc1NC(=S)NC(=O)c1ccc(Cl)cc1Cl. The summed E-state index contributed by atoms with van der Waals surface area (Å²) >= 11 is 17.1. The second-order valence-electron chi connectivity index (χ2n) is 6.27. The first-order valence-electron chi connectivity index (χ1n) is 8.33. The van der Waals surface area contributed by atoms with Gasteiger partial charge in [0, 0.05) is 22.3 Å². The van der Waals surface area contributed by atoms with Crippen LogP contribution in [0.3, 0.4) is 0 Å². The van der Waals surface area contributed by atoms with Gasteiger partial charge in [-0.2, -0.15) is 0 Å². The van der Waals surface area contributed by atoms with Crippen molar-refractivity contribution in [3.63, 3.8) is 0 Å². The van der Waals surface area contributed by atoms with Gasteiger partial charge in [-0.05, 0) is 67.9 Å². The first-order valence-corrected chi connectivity index (χ1v) is 9.49. The Balaban J connectivity index is 1.66. The largest absolute Gasteiger partial charge is 0.332 e. The van der Waals surface area contributed by atoms with E-state index in [1.807, 2.05) is 19.1 Å². The number of benzene rings is 2. The standard InChI is InChI=1S/C19H17Cl2N3O2S/c1-10-15(22-17(25)11-5-6-11)3-2-4-16(10)23-19(27)24-18(26)13-8-7-12(20)9-14(13)21/h2-4,7-9,11H,5-6H2,1H3,(H,22,25)(H2,23,24,26,27). The Morgan fingerprint density at radius 3 is 2.37 bits per heavy atom. The van der Waals surface area contributed by atoms with Gasteiger partial charge in [-0.3, -0.25) is 14.9 Å². The van der Waals surface area contributed by atoms with E-state index in [2.05, 4.69) is 16.0 Å². The van der Waals surface area contributed by atoms with Crippen LogP contribution in [0.2, 0.25) is 10.0 Å². The van der Waals surface area contributed by atoms with Gasteiger partial charge in [-0.25, -0.2) is 0 Å². The maximum absolute atomic E-state index is 12.3. The molecule has 2 amide bonds. The Bertz CT molecular complexity index is 929. The molecule has 0 radical (unpaired) electrons. The molecule has 0 spiro atoms. The molecule has 2 aromatic rings. The highest BCUT2D eigenvalue weighted by molar-refractivity contribution is 7.80. The van der Waals surface area contributed by atoms with Crippen molar-refractivity contribution in [1.82, 2.24) is 5.32 Å². The number of amides is 2. The van der Waals surface area contributed by atoms with Crippen molar-refractivity contribution in [2.24, 2.45) is 5.92 Å². The minimum Gasteiger partial charge on any atom is -0.332 e. The highest BCUT2D eigenvalue weighted by atomic mass is 35.5. The Kier molecular flexibility index (Phi) is 5.99.